The zero-order chi connectivity index (χ0) is 17.7. The number of urea groups is 1. The molecule has 1 aromatic heterocycles. The number of aryl methyl sites for hydroxylation is 1. The van der Waals surface area contributed by atoms with Gasteiger partial charge in [0.05, 0.1) is 11.8 Å². The summed E-state index contributed by atoms with van der Waals surface area (Å²) in [7, 11) is 0. The fourth-order valence-electron chi connectivity index (χ4n) is 2.47. The Morgan fingerprint density at radius 1 is 1.33 bits per heavy atom. The highest BCUT2D eigenvalue weighted by atomic mass is 19.1. The number of nitrogens with one attached hydrogen (secondary N) is 2. The molecule has 2 amide bonds. The first kappa shape index (κ1) is 17.9. The maximum Gasteiger partial charge on any atom is 0.320 e. The molecule has 2 rings (SSSR count). The van der Waals surface area contributed by atoms with Crippen molar-refractivity contribution < 1.29 is 14.3 Å². The lowest BCUT2D eigenvalue weighted by molar-refractivity contribution is 0.163. The Morgan fingerprint density at radius 3 is 2.62 bits per heavy atom. The van der Waals surface area contributed by atoms with Crippen molar-refractivity contribution in [2.45, 2.75) is 33.3 Å². The number of benzene rings is 1. The average molecular weight is 334 g/mol. The number of nitrogens with zero attached hydrogens (tertiary/aromatic N) is 2. The summed E-state index contributed by atoms with van der Waals surface area (Å²) in [6.07, 6.45) is 0.234. The largest absolute Gasteiger partial charge is 0.393 e. The summed E-state index contributed by atoms with van der Waals surface area (Å²) in [5.74, 6) is 0.277. The van der Waals surface area contributed by atoms with Crippen LogP contribution in [-0.2, 0) is 0 Å². The minimum absolute atomic E-state index is 0.175. The molecule has 7 heteroatoms. The molecule has 0 fully saturated rings. The van der Waals surface area contributed by atoms with Gasteiger partial charge in [-0.1, -0.05) is 6.92 Å². The molecule has 0 bridgehead atoms. The van der Waals surface area contributed by atoms with E-state index in [9.17, 15) is 14.3 Å². The third-order valence-electron chi connectivity index (χ3n) is 3.55. The minimum atomic E-state index is -0.390. The van der Waals surface area contributed by atoms with E-state index in [0.29, 0.717) is 24.5 Å². The van der Waals surface area contributed by atoms with Crippen molar-refractivity contribution in [1.82, 2.24) is 15.1 Å². The fourth-order valence-corrected chi connectivity index (χ4v) is 2.47. The lowest BCUT2D eigenvalue weighted by Gasteiger charge is -2.14. The van der Waals surface area contributed by atoms with E-state index in [4.69, 9.17) is 0 Å². The smallest absolute Gasteiger partial charge is 0.320 e. The molecule has 1 heterocycles. The second kappa shape index (κ2) is 7.92. The second-order valence-electron chi connectivity index (χ2n) is 6.08. The summed E-state index contributed by atoms with van der Waals surface area (Å²) in [5, 5.41) is 19.1. The quantitative estimate of drug-likeness (QED) is 0.760. The molecule has 130 valence electrons. The zero-order valence-corrected chi connectivity index (χ0v) is 14.1. The maximum atomic E-state index is 13.0. The van der Waals surface area contributed by atoms with Crippen LogP contribution in [0.2, 0.25) is 0 Å². The number of aliphatic hydroxyl groups is 1. The van der Waals surface area contributed by atoms with Gasteiger partial charge in [-0.15, -0.1) is 5.10 Å². The van der Waals surface area contributed by atoms with Gasteiger partial charge in [-0.3, -0.25) is 5.32 Å². The van der Waals surface area contributed by atoms with E-state index in [0.717, 1.165) is 5.69 Å². The van der Waals surface area contributed by atoms with Gasteiger partial charge in [-0.05, 0) is 50.5 Å². The third-order valence-corrected chi connectivity index (χ3v) is 3.55. The Morgan fingerprint density at radius 2 is 2.00 bits per heavy atom. The number of halogens is 1. The molecule has 3 N–H and O–H groups in total. The maximum absolute atomic E-state index is 13.0. The van der Waals surface area contributed by atoms with Gasteiger partial charge in [0, 0.05) is 18.3 Å². The standard InChI is InChI=1S/C17H23FN4O2/c1-11(8-13(3)23)10-19-17(24)20-16-9-12(2)22(21-16)15-6-4-14(18)5-7-15/h4-7,9,11,13,23H,8,10H2,1-3H3,(H2,19,20,21,24). The number of hydrogen-bond donors (Lipinski definition) is 3. The number of anilines is 1. The molecule has 24 heavy (non-hydrogen) atoms. The Labute approximate surface area is 140 Å². The van der Waals surface area contributed by atoms with Crippen molar-refractivity contribution in [3.8, 4) is 5.69 Å². The molecule has 0 aliphatic carbocycles. The van der Waals surface area contributed by atoms with Crippen LogP contribution in [0.4, 0.5) is 15.0 Å². The highest BCUT2D eigenvalue weighted by Gasteiger charge is 2.11. The molecule has 0 aliphatic rings. The van der Waals surface area contributed by atoms with Gasteiger partial charge in [0.25, 0.3) is 0 Å². The second-order valence-corrected chi connectivity index (χ2v) is 6.08. The van der Waals surface area contributed by atoms with E-state index in [2.05, 4.69) is 15.7 Å². The number of aliphatic hydroxyl groups excluding tert-OH is 1. The van der Waals surface area contributed by atoms with Gasteiger partial charge in [0.15, 0.2) is 5.82 Å². The van der Waals surface area contributed by atoms with Crippen molar-refractivity contribution in [2.75, 3.05) is 11.9 Å². The number of hydrogen-bond acceptors (Lipinski definition) is 3. The van der Waals surface area contributed by atoms with Crippen LogP contribution in [0.25, 0.3) is 5.69 Å². The van der Waals surface area contributed by atoms with E-state index in [1.54, 1.807) is 29.8 Å². The first-order valence-electron chi connectivity index (χ1n) is 7.90. The molecular formula is C17H23FN4O2. The molecule has 0 saturated heterocycles. The van der Waals surface area contributed by atoms with Crippen LogP contribution < -0.4 is 10.6 Å². The van der Waals surface area contributed by atoms with Crippen LogP contribution in [0.3, 0.4) is 0 Å². The number of rotatable bonds is 6. The summed E-state index contributed by atoms with van der Waals surface area (Å²) < 4.78 is 14.6. The number of carbonyl (C=O) groups excluding carboxylic acids is 1. The predicted octanol–water partition coefficient (Wildman–Crippen LogP) is 2.85. The Balaban J connectivity index is 1.95. The molecule has 2 atom stereocenters. The lowest BCUT2D eigenvalue weighted by atomic mass is 10.1. The highest BCUT2D eigenvalue weighted by Crippen LogP contribution is 2.15. The van der Waals surface area contributed by atoms with E-state index in [1.165, 1.54) is 12.1 Å². The lowest BCUT2D eigenvalue weighted by Crippen LogP contribution is -2.33. The van der Waals surface area contributed by atoms with Crippen LogP contribution in [0, 0.1) is 18.7 Å². The van der Waals surface area contributed by atoms with E-state index < -0.39 is 0 Å². The molecule has 2 unspecified atom stereocenters. The third kappa shape index (κ3) is 5.06. The Hall–Kier alpha value is -2.41. The Kier molecular flexibility index (Phi) is 5.92. The summed E-state index contributed by atoms with van der Waals surface area (Å²) in [4.78, 5) is 11.9. The monoisotopic (exact) mass is 334 g/mol. The number of carbonyl (C=O) groups is 1. The SMILES string of the molecule is Cc1cc(NC(=O)NCC(C)CC(C)O)nn1-c1ccc(F)cc1. The van der Waals surface area contributed by atoms with Crippen LogP contribution in [0.1, 0.15) is 26.0 Å². The first-order chi connectivity index (χ1) is 11.3. The summed E-state index contributed by atoms with van der Waals surface area (Å²) in [5.41, 5.74) is 1.53. The molecule has 0 radical (unpaired) electrons. The summed E-state index contributed by atoms with van der Waals surface area (Å²) >= 11 is 0. The van der Waals surface area contributed by atoms with Gasteiger partial charge in [-0.2, -0.15) is 0 Å². The molecular weight excluding hydrogens is 311 g/mol. The predicted molar refractivity (Wildman–Crippen MR) is 90.7 cm³/mol. The summed E-state index contributed by atoms with van der Waals surface area (Å²) in [6.45, 7) is 6.00. The highest BCUT2D eigenvalue weighted by molar-refractivity contribution is 5.88. The molecule has 1 aromatic carbocycles. The number of aromatic nitrogens is 2. The zero-order valence-electron chi connectivity index (χ0n) is 14.1. The molecule has 0 saturated carbocycles. The average Bonchev–Trinajstić information content (AvgIpc) is 2.86. The van der Waals surface area contributed by atoms with E-state index in [1.807, 2.05) is 13.8 Å². The van der Waals surface area contributed by atoms with Gasteiger partial charge in [-0.25, -0.2) is 13.9 Å². The van der Waals surface area contributed by atoms with Gasteiger partial charge in [0.1, 0.15) is 5.82 Å². The fraction of sp³-hybridized carbons (Fsp3) is 0.412. The van der Waals surface area contributed by atoms with Gasteiger partial charge in [0.2, 0.25) is 0 Å². The summed E-state index contributed by atoms with van der Waals surface area (Å²) in [6, 6.07) is 7.35. The van der Waals surface area contributed by atoms with E-state index in [-0.39, 0.29) is 23.9 Å². The molecule has 2 aromatic rings. The Bertz CT molecular complexity index is 682. The minimum Gasteiger partial charge on any atom is -0.393 e. The van der Waals surface area contributed by atoms with Crippen LogP contribution >= 0.6 is 0 Å². The molecule has 0 spiro atoms. The molecule has 0 aliphatic heterocycles. The topological polar surface area (TPSA) is 79.2 Å². The van der Waals surface area contributed by atoms with Gasteiger partial charge >= 0.3 is 6.03 Å². The van der Waals surface area contributed by atoms with Crippen LogP contribution in [0.5, 0.6) is 0 Å². The van der Waals surface area contributed by atoms with Crippen molar-refractivity contribution in [2.24, 2.45) is 5.92 Å². The molecule has 6 nitrogen and oxygen atoms in total. The van der Waals surface area contributed by atoms with Crippen molar-refractivity contribution in [1.29, 1.82) is 0 Å². The van der Waals surface area contributed by atoms with Crippen LogP contribution in [0.15, 0.2) is 30.3 Å². The number of amides is 2. The van der Waals surface area contributed by atoms with Crippen molar-refractivity contribution >= 4 is 11.8 Å². The van der Waals surface area contributed by atoms with Crippen molar-refractivity contribution in [3.63, 3.8) is 0 Å². The normalized spacial score (nSPS) is 13.4. The van der Waals surface area contributed by atoms with Gasteiger partial charge < -0.3 is 10.4 Å². The van der Waals surface area contributed by atoms with E-state index >= 15 is 0 Å². The van der Waals surface area contributed by atoms with Crippen LogP contribution in [-0.4, -0.2) is 33.6 Å². The first-order valence-corrected chi connectivity index (χ1v) is 7.90. The van der Waals surface area contributed by atoms with Crippen molar-refractivity contribution in [3.05, 3.63) is 41.8 Å².